The van der Waals surface area contributed by atoms with Crippen molar-refractivity contribution in [2.24, 2.45) is 5.92 Å². The van der Waals surface area contributed by atoms with Gasteiger partial charge in [-0.1, -0.05) is 39.3 Å². The minimum atomic E-state index is 0.588. The van der Waals surface area contributed by atoms with Crippen LogP contribution in [0.2, 0.25) is 0 Å². The molecule has 1 nitrogen and oxygen atoms in total. The summed E-state index contributed by atoms with van der Waals surface area (Å²) in [5.41, 5.74) is 1.37. The normalized spacial score (nSPS) is 10.6. The molecule has 0 fully saturated rings. The molecule has 14 heavy (non-hydrogen) atoms. The minimum Gasteiger partial charge on any atom is -0.493 e. The van der Waals surface area contributed by atoms with Crippen LogP contribution >= 0.6 is 0 Å². The summed E-state index contributed by atoms with van der Waals surface area (Å²) in [6.45, 7) is 7.32. The van der Waals surface area contributed by atoms with Crippen molar-refractivity contribution in [3.8, 4) is 5.75 Å². The molecule has 0 heterocycles. The summed E-state index contributed by atoms with van der Waals surface area (Å²) in [4.78, 5) is 0. The average molecular weight is 192 g/mol. The summed E-state index contributed by atoms with van der Waals surface area (Å²) in [5, 5.41) is 0. The SMILES string of the molecule is CCCc1cccc(OCC(C)C)c1. The number of benzene rings is 1. The van der Waals surface area contributed by atoms with E-state index in [0.717, 1.165) is 18.8 Å². The molecular formula is C13H20O. The standard InChI is InChI=1S/C13H20O/c1-4-6-12-7-5-8-13(9-12)14-10-11(2)3/h5,7-9,11H,4,6,10H2,1-3H3. The van der Waals surface area contributed by atoms with E-state index in [9.17, 15) is 0 Å². The summed E-state index contributed by atoms with van der Waals surface area (Å²) >= 11 is 0. The molecule has 0 unspecified atom stereocenters. The summed E-state index contributed by atoms with van der Waals surface area (Å²) in [6, 6.07) is 8.40. The third-order valence-electron chi connectivity index (χ3n) is 2.02. The molecule has 0 spiro atoms. The van der Waals surface area contributed by atoms with Crippen molar-refractivity contribution in [2.75, 3.05) is 6.61 Å². The van der Waals surface area contributed by atoms with Gasteiger partial charge in [0, 0.05) is 0 Å². The van der Waals surface area contributed by atoms with E-state index < -0.39 is 0 Å². The largest absolute Gasteiger partial charge is 0.493 e. The maximum absolute atomic E-state index is 5.65. The van der Waals surface area contributed by atoms with Crippen LogP contribution in [0.3, 0.4) is 0 Å². The van der Waals surface area contributed by atoms with Gasteiger partial charge in [-0.15, -0.1) is 0 Å². The third kappa shape index (κ3) is 3.82. The van der Waals surface area contributed by atoms with Gasteiger partial charge in [-0.2, -0.15) is 0 Å². The lowest BCUT2D eigenvalue weighted by Gasteiger charge is -2.09. The lowest BCUT2D eigenvalue weighted by Crippen LogP contribution is -2.04. The Kier molecular flexibility index (Phi) is 4.51. The molecule has 0 aliphatic carbocycles. The minimum absolute atomic E-state index is 0.588. The highest BCUT2D eigenvalue weighted by molar-refractivity contribution is 5.28. The molecule has 0 amide bonds. The topological polar surface area (TPSA) is 9.23 Å². The zero-order valence-corrected chi connectivity index (χ0v) is 9.42. The van der Waals surface area contributed by atoms with Crippen molar-refractivity contribution < 1.29 is 4.74 Å². The Labute approximate surface area is 87.1 Å². The molecule has 0 bridgehead atoms. The molecule has 0 atom stereocenters. The molecule has 78 valence electrons. The zero-order valence-electron chi connectivity index (χ0n) is 9.42. The highest BCUT2D eigenvalue weighted by Crippen LogP contribution is 2.15. The van der Waals surface area contributed by atoms with Gasteiger partial charge < -0.3 is 4.74 Å². The first-order valence-corrected chi connectivity index (χ1v) is 5.44. The molecule has 0 aliphatic heterocycles. The van der Waals surface area contributed by atoms with Crippen molar-refractivity contribution in [1.29, 1.82) is 0 Å². The van der Waals surface area contributed by atoms with Crippen LogP contribution in [-0.2, 0) is 6.42 Å². The van der Waals surface area contributed by atoms with E-state index in [-0.39, 0.29) is 0 Å². The summed E-state index contributed by atoms with van der Waals surface area (Å²) in [6.07, 6.45) is 2.33. The van der Waals surface area contributed by atoms with Gasteiger partial charge in [0.25, 0.3) is 0 Å². The van der Waals surface area contributed by atoms with E-state index in [2.05, 4.69) is 39.0 Å². The van der Waals surface area contributed by atoms with E-state index >= 15 is 0 Å². The van der Waals surface area contributed by atoms with E-state index in [0.29, 0.717) is 5.92 Å². The van der Waals surface area contributed by atoms with Crippen molar-refractivity contribution in [2.45, 2.75) is 33.6 Å². The monoisotopic (exact) mass is 192 g/mol. The number of hydrogen-bond donors (Lipinski definition) is 0. The van der Waals surface area contributed by atoms with E-state index in [1.165, 1.54) is 12.0 Å². The first kappa shape index (κ1) is 11.1. The maximum atomic E-state index is 5.65. The second-order valence-corrected chi connectivity index (χ2v) is 4.10. The van der Waals surface area contributed by atoms with Gasteiger partial charge >= 0.3 is 0 Å². The molecule has 1 rings (SSSR count). The Morgan fingerprint density at radius 1 is 1.29 bits per heavy atom. The molecule has 1 aromatic rings. The summed E-state index contributed by atoms with van der Waals surface area (Å²) in [7, 11) is 0. The molecule has 0 saturated carbocycles. The number of ether oxygens (including phenoxy) is 1. The van der Waals surface area contributed by atoms with Gasteiger partial charge in [0.2, 0.25) is 0 Å². The Bertz CT molecular complexity index is 266. The molecule has 0 saturated heterocycles. The highest BCUT2D eigenvalue weighted by atomic mass is 16.5. The van der Waals surface area contributed by atoms with Crippen LogP contribution in [-0.4, -0.2) is 6.61 Å². The zero-order chi connectivity index (χ0) is 10.4. The Morgan fingerprint density at radius 2 is 2.07 bits per heavy atom. The maximum Gasteiger partial charge on any atom is 0.119 e. The summed E-state index contributed by atoms with van der Waals surface area (Å²) in [5.74, 6) is 1.59. The molecular weight excluding hydrogens is 172 g/mol. The van der Waals surface area contributed by atoms with E-state index in [1.54, 1.807) is 0 Å². The van der Waals surface area contributed by atoms with Crippen molar-refractivity contribution >= 4 is 0 Å². The Balaban J connectivity index is 2.54. The number of aryl methyl sites for hydroxylation is 1. The van der Waals surface area contributed by atoms with E-state index in [1.807, 2.05) is 6.07 Å². The lowest BCUT2D eigenvalue weighted by atomic mass is 10.1. The van der Waals surface area contributed by atoms with Crippen LogP contribution in [0.1, 0.15) is 32.8 Å². The van der Waals surface area contributed by atoms with Crippen LogP contribution in [0.5, 0.6) is 5.75 Å². The predicted octanol–water partition coefficient (Wildman–Crippen LogP) is 3.67. The van der Waals surface area contributed by atoms with Gasteiger partial charge in [-0.05, 0) is 30.0 Å². The molecule has 0 aliphatic rings. The molecule has 1 heteroatoms. The van der Waals surface area contributed by atoms with E-state index in [4.69, 9.17) is 4.74 Å². The first-order valence-electron chi connectivity index (χ1n) is 5.44. The average Bonchev–Trinajstić information content (AvgIpc) is 2.16. The molecule has 0 radical (unpaired) electrons. The van der Waals surface area contributed by atoms with Crippen molar-refractivity contribution in [3.63, 3.8) is 0 Å². The molecule has 0 N–H and O–H groups in total. The predicted molar refractivity (Wildman–Crippen MR) is 60.8 cm³/mol. The third-order valence-corrected chi connectivity index (χ3v) is 2.02. The van der Waals surface area contributed by atoms with Crippen LogP contribution < -0.4 is 4.74 Å². The number of hydrogen-bond acceptors (Lipinski definition) is 1. The highest BCUT2D eigenvalue weighted by Gasteiger charge is 1.98. The molecule has 1 aromatic carbocycles. The smallest absolute Gasteiger partial charge is 0.119 e. The van der Waals surface area contributed by atoms with Crippen LogP contribution in [0.4, 0.5) is 0 Å². The lowest BCUT2D eigenvalue weighted by molar-refractivity contribution is 0.271. The van der Waals surface area contributed by atoms with Crippen molar-refractivity contribution in [1.82, 2.24) is 0 Å². The summed E-state index contributed by atoms with van der Waals surface area (Å²) < 4.78 is 5.65. The van der Waals surface area contributed by atoms with Gasteiger partial charge in [0.05, 0.1) is 6.61 Å². The second-order valence-electron chi connectivity index (χ2n) is 4.10. The van der Waals surface area contributed by atoms with Crippen LogP contribution in [0.25, 0.3) is 0 Å². The van der Waals surface area contributed by atoms with Gasteiger partial charge in [-0.3, -0.25) is 0 Å². The fourth-order valence-corrected chi connectivity index (χ4v) is 1.34. The fourth-order valence-electron chi connectivity index (χ4n) is 1.34. The fraction of sp³-hybridized carbons (Fsp3) is 0.538. The first-order chi connectivity index (χ1) is 6.72. The molecule has 0 aromatic heterocycles. The van der Waals surface area contributed by atoms with Crippen LogP contribution in [0.15, 0.2) is 24.3 Å². The van der Waals surface area contributed by atoms with Crippen molar-refractivity contribution in [3.05, 3.63) is 29.8 Å². The van der Waals surface area contributed by atoms with Gasteiger partial charge in [0.1, 0.15) is 5.75 Å². The number of rotatable bonds is 5. The van der Waals surface area contributed by atoms with Gasteiger partial charge in [0.15, 0.2) is 0 Å². The Morgan fingerprint density at radius 3 is 2.71 bits per heavy atom. The van der Waals surface area contributed by atoms with Gasteiger partial charge in [-0.25, -0.2) is 0 Å². The van der Waals surface area contributed by atoms with Crippen LogP contribution in [0, 0.1) is 5.92 Å². The Hall–Kier alpha value is -0.980. The second kappa shape index (κ2) is 5.69. The quantitative estimate of drug-likeness (QED) is 0.691.